The van der Waals surface area contributed by atoms with Gasteiger partial charge in [0.25, 0.3) is 0 Å². The van der Waals surface area contributed by atoms with Crippen LogP contribution in [-0.4, -0.2) is 57.5 Å². The third kappa shape index (κ3) is 5.17. The molecule has 1 saturated heterocycles. The molecular formula is C23H28N2O5. The van der Waals surface area contributed by atoms with Gasteiger partial charge in [-0.05, 0) is 37.5 Å². The van der Waals surface area contributed by atoms with Crippen LogP contribution in [0.4, 0.5) is 4.79 Å². The Bertz CT molecular complexity index is 877. The van der Waals surface area contributed by atoms with Gasteiger partial charge in [-0.1, -0.05) is 54.6 Å². The number of benzene rings is 2. The Morgan fingerprint density at radius 2 is 1.67 bits per heavy atom. The number of likely N-dealkylation sites (tertiary alicyclic amines) is 1. The zero-order valence-electron chi connectivity index (χ0n) is 17.4. The molecule has 2 aromatic carbocycles. The zero-order chi connectivity index (χ0) is 21.9. The molecule has 2 aromatic rings. The minimum absolute atomic E-state index is 0.0507. The van der Waals surface area contributed by atoms with E-state index in [9.17, 15) is 19.8 Å². The summed E-state index contributed by atoms with van der Waals surface area (Å²) in [5.41, 5.74) is 2.46. The van der Waals surface area contributed by atoms with Crippen LogP contribution in [0.2, 0.25) is 0 Å². The van der Waals surface area contributed by atoms with E-state index in [0.29, 0.717) is 6.54 Å². The van der Waals surface area contributed by atoms with Crippen molar-refractivity contribution in [1.82, 2.24) is 10.2 Å². The van der Waals surface area contributed by atoms with Gasteiger partial charge in [0.2, 0.25) is 0 Å². The SMILES string of the molecule is CC(C)(C)OC(=O)N1C[C@@H](NCc2ccc(-c3ccccc3)cc2)[C@H](O)[C@H]1C(=O)O. The fraction of sp³-hybridized carbons (Fsp3) is 0.391. The van der Waals surface area contributed by atoms with Crippen LogP contribution in [0.1, 0.15) is 26.3 Å². The zero-order valence-corrected chi connectivity index (χ0v) is 17.4. The van der Waals surface area contributed by atoms with Crippen LogP contribution in [-0.2, 0) is 16.1 Å². The summed E-state index contributed by atoms with van der Waals surface area (Å²) in [6.45, 7) is 5.62. The van der Waals surface area contributed by atoms with Gasteiger partial charge >= 0.3 is 12.1 Å². The monoisotopic (exact) mass is 412 g/mol. The number of rotatable bonds is 5. The molecule has 0 spiro atoms. The first-order chi connectivity index (χ1) is 14.2. The van der Waals surface area contributed by atoms with Gasteiger partial charge in [-0.2, -0.15) is 0 Å². The van der Waals surface area contributed by atoms with Crippen molar-refractivity contribution < 1.29 is 24.5 Å². The van der Waals surface area contributed by atoms with Gasteiger partial charge in [0.1, 0.15) is 11.7 Å². The van der Waals surface area contributed by atoms with Gasteiger partial charge in [-0.25, -0.2) is 9.59 Å². The summed E-state index contributed by atoms with van der Waals surface area (Å²) in [5.74, 6) is -1.26. The van der Waals surface area contributed by atoms with Gasteiger partial charge in [0.05, 0.1) is 6.04 Å². The molecule has 0 radical (unpaired) electrons. The predicted octanol–water partition coefficient (Wildman–Crippen LogP) is 2.88. The number of aliphatic carboxylic acids is 1. The molecule has 0 aliphatic carbocycles. The van der Waals surface area contributed by atoms with Crippen molar-refractivity contribution >= 4 is 12.1 Å². The summed E-state index contributed by atoms with van der Waals surface area (Å²) < 4.78 is 5.30. The summed E-state index contributed by atoms with van der Waals surface area (Å²) in [6, 6.07) is 16.1. The fourth-order valence-electron chi connectivity index (χ4n) is 3.51. The first-order valence-electron chi connectivity index (χ1n) is 9.94. The molecule has 30 heavy (non-hydrogen) atoms. The van der Waals surface area contributed by atoms with Gasteiger partial charge in [-0.15, -0.1) is 0 Å². The molecule has 0 aromatic heterocycles. The van der Waals surface area contributed by atoms with Crippen LogP contribution in [0.3, 0.4) is 0 Å². The summed E-state index contributed by atoms with van der Waals surface area (Å²) in [6.07, 6.45) is -1.98. The van der Waals surface area contributed by atoms with Crippen molar-refractivity contribution in [2.45, 2.75) is 51.1 Å². The van der Waals surface area contributed by atoms with E-state index in [2.05, 4.69) is 5.32 Å². The molecule has 0 unspecified atom stereocenters. The second-order valence-electron chi connectivity index (χ2n) is 8.46. The van der Waals surface area contributed by atoms with Crippen LogP contribution in [0.5, 0.6) is 0 Å². The first kappa shape index (κ1) is 21.8. The van der Waals surface area contributed by atoms with Crippen LogP contribution >= 0.6 is 0 Å². The lowest BCUT2D eigenvalue weighted by Gasteiger charge is -2.27. The maximum Gasteiger partial charge on any atom is 0.411 e. The number of aliphatic hydroxyl groups excluding tert-OH is 1. The molecule has 160 valence electrons. The lowest BCUT2D eigenvalue weighted by Crippen LogP contribution is -2.47. The quantitative estimate of drug-likeness (QED) is 0.698. The van der Waals surface area contributed by atoms with Crippen molar-refractivity contribution in [2.24, 2.45) is 0 Å². The Morgan fingerprint density at radius 3 is 2.23 bits per heavy atom. The minimum atomic E-state index is -1.35. The Hall–Kier alpha value is -2.90. The van der Waals surface area contributed by atoms with Crippen molar-refractivity contribution in [3.05, 3.63) is 60.2 Å². The Balaban J connectivity index is 1.65. The maximum atomic E-state index is 12.4. The normalized spacial score (nSPS) is 21.5. The molecule has 7 nitrogen and oxygen atoms in total. The molecule has 1 amide bonds. The van der Waals surface area contributed by atoms with E-state index in [-0.39, 0.29) is 6.54 Å². The van der Waals surface area contributed by atoms with Crippen LogP contribution in [0, 0.1) is 0 Å². The molecular weight excluding hydrogens is 384 g/mol. The molecule has 1 aliphatic rings. The summed E-state index contributed by atoms with van der Waals surface area (Å²) in [5, 5.41) is 23.2. The van der Waals surface area contributed by atoms with Crippen LogP contribution in [0.15, 0.2) is 54.6 Å². The summed E-state index contributed by atoms with van der Waals surface area (Å²) in [4.78, 5) is 25.1. The molecule has 3 rings (SSSR count). The Morgan fingerprint density at radius 1 is 1.07 bits per heavy atom. The van der Waals surface area contributed by atoms with Crippen LogP contribution < -0.4 is 5.32 Å². The topological polar surface area (TPSA) is 99.1 Å². The first-order valence-corrected chi connectivity index (χ1v) is 9.94. The van der Waals surface area contributed by atoms with Gasteiger partial charge in [-0.3, -0.25) is 4.90 Å². The molecule has 1 aliphatic heterocycles. The highest BCUT2D eigenvalue weighted by Crippen LogP contribution is 2.23. The van der Waals surface area contributed by atoms with Crippen molar-refractivity contribution in [3.8, 4) is 11.1 Å². The highest BCUT2D eigenvalue weighted by atomic mass is 16.6. The minimum Gasteiger partial charge on any atom is -0.480 e. The largest absolute Gasteiger partial charge is 0.480 e. The number of nitrogens with zero attached hydrogens (tertiary/aromatic N) is 1. The average molecular weight is 412 g/mol. The molecule has 7 heteroatoms. The lowest BCUT2D eigenvalue weighted by molar-refractivity contribution is -0.145. The lowest BCUT2D eigenvalue weighted by atomic mass is 10.0. The number of carboxylic acids is 1. The van der Waals surface area contributed by atoms with E-state index in [1.165, 1.54) is 0 Å². The Labute approximate surface area is 176 Å². The fourth-order valence-corrected chi connectivity index (χ4v) is 3.51. The Kier molecular flexibility index (Phi) is 6.43. The number of nitrogens with one attached hydrogen (secondary N) is 1. The van der Waals surface area contributed by atoms with E-state index in [1.807, 2.05) is 54.6 Å². The third-order valence-corrected chi connectivity index (χ3v) is 4.98. The average Bonchev–Trinajstić information content (AvgIpc) is 3.03. The molecule has 1 fully saturated rings. The predicted molar refractivity (Wildman–Crippen MR) is 113 cm³/mol. The highest BCUT2D eigenvalue weighted by Gasteiger charge is 2.48. The van der Waals surface area contributed by atoms with E-state index in [1.54, 1.807) is 20.8 Å². The molecule has 0 bridgehead atoms. The second kappa shape index (κ2) is 8.85. The molecule has 3 atom stereocenters. The number of amides is 1. The van der Waals surface area contributed by atoms with Crippen molar-refractivity contribution in [3.63, 3.8) is 0 Å². The van der Waals surface area contributed by atoms with E-state index in [0.717, 1.165) is 21.6 Å². The number of hydrogen-bond acceptors (Lipinski definition) is 5. The van der Waals surface area contributed by atoms with Crippen LogP contribution in [0.25, 0.3) is 11.1 Å². The highest BCUT2D eigenvalue weighted by molar-refractivity contribution is 5.82. The van der Waals surface area contributed by atoms with Gasteiger partial charge < -0.3 is 20.3 Å². The summed E-state index contributed by atoms with van der Waals surface area (Å²) in [7, 11) is 0. The van der Waals surface area contributed by atoms with E-state index < -0.39 is 35.9 Å². The standard InChI is InChI=1S/C23H28N2O5/c1-23(2,3)30-22(29)25-14-18(20(26)19(25)21(27)28)24-13-15-9-11-17(12-10-15)16-7-5-4-6-8-16/h4-12,18-20,24,26H,13-14H2,1-3H3,(H,27,28)/t18-,19+,20+/m1/s1. The number of aliphatic hydroxyl groups is 1. The smallest absolute Gasteiger partial charge is 0.411 e. The molecule has 1 heterocycles. The molecule has 3 N–H and O–H groups in total. The number of carbonyl (C=O) groups is 2. The number of ether oxygens (including phenoxy) is 1. The molecule has 0 saturated carbocycles. The number of hydrogen-bond donors (Lipinski definition) is 3. The number of carbonyl (C=O) groups excluding carboxylic acids is 1. The van der Waals surface area contributed by atoms with Crippen molar-refractivity contribution in [1.29, 1.82) is 0 Å². The van der Waals surface area contributed by atoms with Gasteiger partial charge in [0, 0.05) is 13.1 Å². The van der Waals surface area contributed by atoms with Gasteiger partial charge in [0.15, 0.2) is 6.04 Å². The number of carboxylic acid groups (broad SMARTS) is 1. The third-order valence-electron chi connectivity index (χ3n) is 4.98. The maximum absolute atomic E-state index is 12.4. The van der Waals surface area contributed by atoms with E-state index >= 15 is 0 Å². The van der Waals surface area contributed by atoms with Crippen molar-refractivity contribution in [2.75, 3.05) is 6.54 Å². The van der Waals surface area contributed by atoms with E-state index in [4.69, 9.17) is 4.74 Å². The second-order valence-corrected chi connectivity index (χ2v) is 8.46. The summed E-state index contributed by atoms with van der Waals surface area (Å²) >= 11 is 0.